The Labute approximate surface area is 131 Å². The molecule has 0 unspecified atom stereocenters. The van der Waals surface area contributed by atoms with Crippen LogP contribution in [0.2, 0.25) is 0 Å². The van der Waals surface area contributed by atoms with Gasteiger partial charge in [-0.2, -0.15) is 11.8 Å². The summed E-state index contributed by atoms with van der Waals surface area (Å²) in [4.78, 5) is 22.1. The molecule has 21 heavy (non-hydrogen) atoms. The van der Waals surface area contributed by atoms with E-state index in [-0.39, 0.29) is 12.5 Å². The molecule has 0 aromatic rings. The summed E-state index contributed by atoms with van der Waals surface area (Å²) in [7, 11) is 0. The lowest BCUT2D eigenvalue weighted by molar-refractivity contribution is -0.137. The lowest BCUT2D eigenvalue weighted by atomic mass is 9.95. The molecule has 1 aliphatic carbocycles. The molecule has 0 heterocycles. The summed E-state index contributed by atoms with van der Waals surface area (Å²) in [5.41, 5.74) is 0. The predicted octanol–water partition coefficient (Wildman–Crippen LogP) is 2.99. The number of carboxylic acids is 1. The topological polar surface area (TPSA) is 78.4 Å². The van der Waals surface area contributed by atoms with Crippen molar-refractivity contribution in [2.24, 2.45) is 0 Å². The summed E-state index contributed by atoms with van der Waals surface area (Å²) in [6, 6.07) is 0.261. The van der Waals surface area contributed by atoms with Crippen LogP contribution in [0.4, 0.5) is 4.79 Å². The van der Waals surface area contributed by atoms with Crippen molar-refractivity contribution < 1.29 is 14.7 Å². The minimum absolute atomic E-state index is 0.0619. The molecule has 0 aliphatic heterocycles. The number of unbranched alkanes of at least 4 members (excludes halogenated alkanes) is 3. The largest absolute Gasteiger partial charge is 0.481 e. The van der Waals surface area contributed by atoms with Crippen molar-refractivity contribution in [3.05, 3.63) is 0 Å². The van der Waals surface area contributed by atoms with Crippen molar-refractivity contribution in [3.63, 3.8) is 0 Å². The van der Waals surface area contributed by atoms with Crippen LogP contribution in [0.1, 0.15) is 57.8 Å². The molecule has 1 fully saturated rings. The van der Waals surface area contributed by atoms with Crippen LogP contribution in [-0.2, 0) is 4.79 Å². The van der Waals surface area contributed by atoms with E-state index in [1.165, 1.54) is 12.8 Å². The molecule has 1 aliphatic rings. The number of thioether (sulfide) groups is 1. The molecular formula is C15H28N2O3S. The summed E-state index contributed by atoms with van der Waals surface area (Å²) >= 11 is 1.93. The van der Waals surface area contributed by atoms with Crippen LogP contribution in [0.25, 0.3) is 0 Å². The van der Waals surface area contributed by atoms with Crippen LogP contribution in [0.15, 0.2) is 0 Å². The smallest absolute Gasteiger partial charge is 0.315 e. The Morgan fingerprint density at radius 3 is 2.38 bits per heavy atom. The van der Waals surface area contributed by atoms with Gasteiger partial charge in [0.05, 0.1) is 0 Å². The third kappa shape index (κ3) is 8.86. The van der Waals surface area contributed by atoms with E-state index in [9.17, 15) is 9.59 Å². The molecule has 0 radical (unpaired) electrons. The summed E-state index contributed by atoms with van der Waals surface area (Å²) in [5.74, 6) is -0.733. The fourth-order valence-corrected chi connectivity index (χ4v) is 3.38. The first kappa shape index (κ1) is 18.1. The number of nitrogens with one attached hydrogen (secondary N) is 2. The zero-order valence-electron chi connectivity index (χ0n) is 12.9. The summed E-state index contributed by atoms with van der Waals surface area (Å²) < 4.78 is 0. The maximum Gasteiger partial charge on any atom is 0.315 e. The number of amides is 2. The van der Waals surface area contributed by atoms with Gasteiger partial charge >= 0.3 is 12.0 Å². The fourth-order valence-electron chi connectivity index (χ4n) is 2.64. The minimum atomic E-state index is -0.733. The molecule has 122 valence electrons. The number of rotatable bonds is 9. The molecule has 3 N–H and O–H groups in total. The van der Waals surface area contributed by atoms with Crippen molar-refractivity contribution in [2.45, 2.75) is 69.1 Å². The number of urea groups is 1. The molecule has 0 bridgehead atoms. The molecule has 1 rings (SSSR count). The Bertz CT molecular complexity index is 318. The van der Waals surface area contributed by atoms with E-state index in [4.69, 9.17) is 5.11 Å². The molecule has 6 heteroatoms. The van der Waals surface area contributed by atoms with Crippen molar-refractivity contribution >= 4 is 23.8 Å². The van der Waals surface area contributed by atoms with Gasteiger partial charge < -0.3 is 15.7 Å². The third-order valence-electron chi connectivity index (χ3n) is 3.95. The SMILES string of the molecule is CSC1CCC(NC(=O)NCCCCCCC(=O)O)CC1. The van der Waals surface area contributed by atoms with Crippen LogP contribution < -0.4 is 10.6 Å². The van der Waals surface area contributed by atoms with Crippen LogP contribution in [0.5, 0.6) is 0 Å². The van der Waals surface area contributed by atoms with Gasteiger partial charge in [0.15, 0.2) is 0 Å². The van der Waals surface area contributed by atoms with Gasteiger partial charge in [0.25, 0.3) is 0 Å². The van der Waals surface area contributed by atoms with Crippen LogP contribution in [0.3, 0.4) is 0 Å². The van der Waals surface area contributed by atoms with Crippen LogP contribution in [-0.4, -0.2) is 41.2 Å². The van der Waals surface area contributed by atoms with E-state index in [0.717, 1.165) is 43.8 Å². The average Bonchev–Trinajstić information content (AvgIpc) is 2.46. The van der Waals surface area contributed by atoms with Crippen molar-refractivity contribution in [3.8, 4) is 0 Å². The molecule has 5 nitrogen and oxygen atoms in total. The maximum atomic E-state index is 11.7. The molecule has 2 amide bonds. The summed E-state index contributed by atoms with van der Waals surface area (Å²) in [6.07, 6.45) is 10.4. The van der Waals surface area contributed by atoms with Gasteiger partial charge in [-0.3, -0.25) is 4.79 Å². The predicted molar refractivity (Wildman–Crippen MR) is 86.8 cm³/mol. The standard InChI is InChI=1S/C15H28N2O3S/c1-21-13-9-7-12(8-10-13)17-15(20)16-11-5-3-2-4-6-14(18)19/h12-13H,2-11H2,1H3,(H,18,19)(H2,16,17,20). The normalized spacial score (nSPS) is 21.8. The Hall–Kier alpha value is -0.910. The van der Waals surface area contributed by atoms with Gasteiger partial charge in [-0.05, 0) is 44.8 Å². The molecular weight excluding hydrogens is 288 g/mol. The van der Waals surface area contributed by atoms with Gasteiger partial charge in [-0.1, -0.05) is 12.8 Å². The van der Waals surface area contributed by atoms with Gasteiger partial charge in [0.2, 0.25) is 0 Å². The second kappa shape index (κ2) is 10.8. The Balaban J connectivity index is 1.95. The second-order valence-electron chi connectivity index (χ2n) is 5.67. The zero-order chi connectivity index (χ0) is 15.5. The lowest BCUT2D eigenvalue weighted by Gasteiger charge is -2.28. The first-order valence-electron chi connectivity index (χ1n) is 7.90. The van der Waals surface area contributed by atoms with Gasteiger partial charge in [0.1, 0.15) is 0 Å². The molecule has 0 atom stereocenters. The molecule has 1 saturated carbocycles. The van der Waals surface area contributed by atoms with E-state index in [1.54, 1.807) is 0 Å². The second-order valence-corrected chi connectivity index (χ2v) is 6.81. The molecule has 0 aromatic carbocycles. The van der Waals surface area contributed by atoms with E-state index in [2.05, 4.69) is 16.9 Å². The fraction of sp³-hybridized carbons (Fsp3) is 0.867. The highest BCUT2D eigenvalue weighted by atomic mass is 32.2. The van der Waals surface area contributed by atoms with Crippen molar-refractivity contribution in [1.82, 2.24) is 10.6 Å². The first-order valence-corrected chi connectivity index (χ1v) is 9.19. The molecule has 0 aromatic heterocycles. The molecule has 0 spiro atoms. The number of hydrogen-bond acceptors (Lipinski definition) is 3. The highest BCUT2D eigenvalue weighted by molar-refractivity contribution is 7.99. The van der Waals surface area contributed by atoms with Crippen molar-refractivity contribution in [2.75, 3.05) is 12.8 Å². The molecule has 0 saturated heterocycles. The first-order chi connectivity index (χ1) is 10.1. The monoisotopic (exact) mass is 316 g/mol. The van der Waals surface area contributed by atoms with E-state index in [1.807, 2.05) is 11.8 Å². The van der Waals surface area contributed by atoms with Gasteiger partial charge in [-0.15, -0.1) is 0 Å². The van der Waals surface area contributed by atoms with Crippen LogP contribution in [0, 0.1) is 0 Å². The highest BCUT2D eigenvalue weighted by Gasteiger charge is 2.21. The summed E-state index contributed by atoms with van der Waals surface area (Å²) in [6.45, 7) is 0.666. The highest BCUT2D eigenvalue weighted by Crippen LogP contribution is 2.26. The third-order valence-corrected chi connectivity index (χ3v) is 5.08. The Morgan fingerprint density at radius 2 is 1.76 bits per heavy atom. The van der Waals surface area contributed by atoms with Crippen molar-refractivity contribution in [1.29, 1.82) is 0 Å². The minimum Gasteiger partial charge on any atom is -0.481 e. The van der Waals surface area contributed by atoms with Gasteiger partial charge in [0, 0.05) is 24.3 Å². The number of hydrogen-bond donors (Lipinski definition) is 3. The lowest BCUT2D eigenvalue weighted by Crippen LogP contribution is -2.44. The number of carbonyl (C=O) groups is 2. The Morgan fingerprint density at radius 1 is 1.10 bits per heavy atom. The zero-order valence-corrected chi connectivity index (χ0v) is 13.7. The van der Waals surface area contributed by atoms with Gasteiger partial charge in [-0.25, -0.2) is 4.79 Å². The van der Waals surface area contributed by atoms with Crippen LogP contribution >= 0.6 is 11.8 Å². The number of aliphatic carboxylic acids is 1. The quantitative estimate of drug-likeness (QED) is 0.571. The number of carboxylic acid groups (broad SMARTS) is 1. The number of carbonyl (C=O) groups excluding carboxylic acids is 1. The van der Waals surface area contributed by atoms with E-state index >= 15 is 0 Å². The van der Waals surface area contributed by atoms with E-state index < -0.39 is 5.97 Å². The average molecular weight is 316 g/mol. The van der Waals surface area contributed by atoms with E-state index in [0.29, 0.717) is 12.6 Å². The Kier molecular flexibility index (Phi) is 9.30. The maximum absolute atomic E-state index is 11.7. The summed E-state index contributed by atoms with van der Waals surface area (Å²) in [5, 5.41) is 15.2.